The number of nitrogens with one attached hydrogen (secondary N) is 1. The van der Waals surface area contributed by atoms with Crippen molar-refractivity contribution in [2.24, 2.45) is 0 Å². The number of β-amino-alcohol motifs (C(OH)–C–C–N with tert-alkyl or cyclic N) is 1. The highest BCUT2D eigenvalue weighted by molar-refractivity contribution is 5.84. The zero-order valence-electron chi connectivity index (χ0n) is 13.6. The highest BCUT2D eigenvalue weighted by atomic mass is 16.5. The molecule has 1 aromatic heterocycles. The maximum Gasteiger partial charge on any atom is 0.234 e. The Morgan fingerprint density at radius 1 is 1.38 bits per heavy atom. The average Bonchev–Trinajstić information content (AvgIpc) is 2.59. The number of rotatable bonds is 6. The van der Waals surface area contributed by atoms with Gasteiger partial charge in [0.2, 0.25) is 5.91 Å². The van der Waals surface area contributed by atoms with Crippen molar-refractivity contribution in [3.63, 3.8) is 0 Å². The van der Waals surface area contributed by atoms with E-state index in [1.807, 2.05) is 35.2 Å². The van der Waals surface area contributed by atoms with Crippen molar-refractivity contribution in [1.29, 1.82) is 0 Å². The summed E-state index contributed by atoms with van der Waals surface area (Å²) in [6, 6.07) is 9.68. The summed E-state index contributed by atoms with van der Waals surface area (Å²) >= 11 is 0. The van der Waals surface area contributed by atoms with Crippen LogP contribution in [0.25, 0.3) is 10.9 Å². The lowest BCUT2D eigenvalue weighted by atomic mass is 10.1. The summed E-state index contributed by atoms with van der Waals surface area (Å²) in [5.41, 5.74) is 0.827. The lowest BCUT2D eigenvalue weighted by Gasteiger charge is -2.29. The summed E-state index contributed by atoms with van der Waals surface area (Å²) in [5, 5.41) is 13.5. The largest absolute Gasteiger partial charge is 0.489 e. The molecule has 1 fully saturated rings. The van der Waals surface area contributed by atoms with Crippen LogP contribution in [0, 0.1) is 0 Å². The van der Waals surface area contributed by atoms with E-state index in [0.29, 0.717) is 26.2 Å². The van der Waals surface area contributed by atoms with E-state index in [-0.39, 0.29) is 12.0 Å². The first-order valence-electron chi connectivity index (χ1n) is 8.36. The minimum absolute atomic E-state index is 0.0382. The molecule has 1 aliphatic rings. The Bertz CT molecular complexity index is 687. The zero-order chi connectivity index (χ0) is 16.8. The van der Waals surface area contributed by atoms with E-state index >= 15 is 0 Å². The summed E-state index contributed by atoms with van der Waals surface area (Å²) in [5.74, 6) is 0.685. The van der Waals surface area contributed by atoms with Crippen LogP contribution in [0.4, 0.5) is 0 Å². The van der Waals surface area contributed by atoms with E-state index in [1.165, 1.54) is 0 Å². The van der Waals surface area contributed by atoms with Gasteiger partial charge in [-0.05, 0) is 31.5 Å². The minimum atomic E-state index is -0.311. The van der Waals surface area contributed by atoms with E-state index in [9.17, 15) is 9.90 Å². The molecule has 0 saturated carbocycles. The number of carbonyl (C=O) groups excluding carboxylic acids is 1. The van der Waals surface area contributed by atoms with Gasteiger partial charge >= 0.3 is 0 Å². The first-order valence-corrected chi connectivity index (χ1v) is 8.36. The number of hydrogen-bond donors (Lipinski definition) is 2. The standard InChI is InChI=1S/C18H23N3O3/c22-15-6-3-10-21(12-15)13-17(23)19-9-11-24-16-7-1-4-14-5-2-8-20-18(14)16/h1-2,4-5,7-8,15,22H,3,6,9-13H2,(H,19,23)/t15-/m1/s1. The van der Waals surface area contributed by atoms with Crippen molar-refractivity contribution < 1.29 is 14.6 Å². The highest BCUT2D eigenvalue weighted by Crippen LogP contribution is 2.22. The second kappa shape index (κ2) is 8.08. The van der Waals surface area contributed by atoms with E-state index < -0.39 is 0 Å². The second-order valence-corrected chi connectivity index (χ2v) is 6.06. The number of aliphatic hydroxyl groups is 1. The number of aliphatic hydroxyl groups excluding tert-OH is 1. The molecule has 0 spiro atoms. The fourth-order valence-electron chi connectivity index (χ4n) is 2.98. The molecule has 1 saturated heterocycles. The number of carbonyl (C=O) groups is 1. The van der Waals surface area contributed by atoms with Gasteiger partial charge in [-0.15, -0.1) is 0 Å². The molecular formula is C18H23N3O3. The first kappa shape index (κ1) is 16.7. The Morgan fingerprint density at radius 2 is 2.25 bits per heavy atom. The van der Waals surface area contributed by atoms with E-state index in [2.05, 4.69) is 10.3 Å². The van der Waals surface area contributed by atoms with Crippen molar-refractivity contribution in [3.05, 3.63) is 36.5 Å². The maximum atomic E-state index is 11.9. The molecule has 0 unspecified atom stereocenters. The number of ether oxygens (including phenoxy) is 1. The molecule has 1 atom stereocenters. The number of nitrogens with zero attached hydrogens (tertiary/aromatic N) is 2. The molecule has 1 aromatic carbocycles. The lowest BCUT2D eigenvalue weighted by molar-refractivity contribution is -0.123. The van der Waals surface area contributed by atoms with Gasteiger partial charge < -0.3 is 15.2 Å². The number of amides is 1. The number of piperidine rings is 1. The molecule has 6 nitrogen and oxygen atoms in total. The SMILES string of the molecule is O=C(CN1CCC[C@@H](O)C1)NCCOc1cccc2cccnc12. The number of fused-ring (bicyclic) bond motifs is 1. The lowest BCUT2D eigenvalue weighted by Crippen LogP contribution is -2.44. The molecule has 1 amide bonds. The Hall–Kier alpha value is -2.18. The zero-order valence-corrected chi connectivity index (χ0v) is 13.6. The van der Waals surface area contributed by atoms with Crippen LogP contribution in [0.15, 0.2) is 36.5 Å². The van der Waals surface area contributed by atoms with Gasteiger partial charge in [0.25, 0.3) is 0 Å². The quantitative estimate of drug-likeness (QED) is 0.779. The van der Waals surface area contributed by atoms with Gasteiger partial charge in [0, 0.05) is 18.1 Å². The summed E-state index contributed by atoms with van der Waals surface area (Å²) in [4.78, 5) is 18.3. The van der Waals surface area contributed by atoms with Crippen LogP contribution < -0.4 is 10.1 Å². The molecule has 6 heteroatoms. The summed E-state index contributed by atoms with van der Waals surface area (Å²) in [6.45, 7) is 2.60. The van der Waals surface area contributed by atoms with Gasteiger partial charge in [-0.3, -0.25) is 14.7 Å². The van der Waals surface area contributed by atoms with Gasteiger partial charge in [0.1, 0.15) is 17.9 Å². The Morgan fingerprint density at radius 3 is 3.12 bits per heavy atom. The number of benzene rings is 1. The first-order chi connectivity index (χ1) is 11.7. The molecule has 128 valence electrons. The van der Waals surface area contributed by atoms with Gasteiger partial charge in [-0.1, -0.05) is 18.2 Å². The smallest absolute Gasteiger partial charge is 0.234 e. The molecule has 0 aliphatic carbocycles. The third-order valence-corrected chi connectivity index (χ3v) is 4.13. The van der Waals surface area contributed by atoms with Gasteiger partial charge in [0.15, 0.2) is 0 Å². The van der Waals surface area contributed by atoms with Crippen LogP contribution in [-0.2, 0) is 4.79 Å². The number of likely N-dealkylation sites (tertiary alicyclic amines) is 1. The van der Waals surface area contributed by atoms with Crippen molar-refractivity contribution in [3.8, 4) is 5.75 Å². The molecule has 0 radical (unpaired) electrons. The second-order valence-electron chi connectivity index (χ2n) is 6.06. The maximum absolute atomic E-state index is 11.9. The van der Waals surface area contributed by atoms with Crippen LogP contribution in [0.2, 0.25) is 0 Å². The van der Waals surface area contributed by atoms with Crippen LogP contribution in [0.3, 0.4) is 0 Å². The molecular weight excluding hydrogens is 306 g/mol. The normalized spacial score (nSPS) is 18.5. The van der Waals surface area contributed by atoms with Crippen LogP contribution in [-0.4, -0.2) is 59.8 Å². The number of aromatic nitrogens is 1. The molecule has 0 bridgehead atoms. The summed E-state index contributed by atoms with van der Waals surface area (Å²) in [7, 11) is 0. The average molecular weight is 329 g/mol. The third kappa shape index (κ3) is 4.43. The molecule has 2 heterocycles. The summed E-state index contributed by atoms with van der Waals surface area (Å²) in [6.07, 6.45) is 3.19. The Kier molecular flexibility index (Phi) is 5.61. The minimum Gasteiger partial charge on any atom is -0.489 e. The van der Waals surface area contributed by atoms with Crippen LogP contribution in [0.1, 0.15) is 12.8 Å². The van der Waals surface area contributed by atoms with E-state index in [1.54, 1.807) is 6.20 Å². The molecule has 24 heavy (non-hydrogen) atoms. The molecule has 1 aliphatic heterocycles. The number of pyridine rings is 1. The van der Waals surface area contributed by atoms with Crippen molar-refractivity contribution in [2.75, 3.05) is 32.8 Å². The summed E-state index contributed by atoms with van der Waals surface area (Å²) < 4.78 is 5.75. The fraction of sp³-hybridized carbons (Fsp3) is 0.444. The van der Waals surface area contributed by atoms with E-state index in [4.69, 9.17) is 4.74 Å². The van der Waals surface area contributed by atoms with Crippen molar-refractivity contribution in [1.82, 2.24) is 15.2 Å². The third-order valence-electron chi connectivity index (χ3n) is 4.13. The van der Waals surface area contributed by atoms with E-state index in [0.717, 1.165) is 36.0 Å². The molecule has 2 aromatic rings. The Labute approximate surface area is 141 Å². The number of para-hydroxylation sites is 1. The number of hydrogen-bond acceptors (Lipinski definition) is 5. The highest BCUT2D eigenvalue weighted by Gasteiger charge is 2.19. The monoisotopic (exact) mass is 329 g/mol. The molecule has 3 rings (SSSR count). The Balaban J connectivity index is 1.42. The molecule has 2 N–H and O–H groups in total. The predicted molar refractivity (Wildman–Crippen MR) is 91.9 cm³/mol. The van der Waals surface area contributed by atoms with Crippen LogP contribution in [0.5, 0.6) is 5.75 Å². The van der Waals surface area contributed by atoms with Gasteiger partial charge in [0.05, 0.1) is 19.2 Å². The topological polar surface area (TPSA) is 74.7 Å². The van der Waals surface area contributed by atoms with Gasteiger partial charge in [-0.25, -0.2) is 0 Å². The van der Waals surface area contributed by atoms with Crippen LogP contribution >= 0.6 is 0 Å². The van der Waals surface area contributed by atoms with Crippen molar-refractivity contribution in [2.45, 2.75) is 18.9 Å². The van der Waals surface area contributed by atoms with Gasteiger partial charge in [-0.2, -0.15) is 0 Å². The predicted octanol–water partition coefficient (Wildman–Crippen LogP) is 1.19. The van der Waals surface area contributed by atoms with Crippen molar-refractivity contribution >= 4 is 16.8 Å². The fourth-order valence-corrected chi connectivity index (χ4v) is 2.98.